The molecular formula is C15H18N4O. The fourth-order valence-electron chi connectivity index (χ4n) is 2.57. The van der Waals surface area contributed by atoms with E-state index in [2.05, 4.69) is 33.8 Å². The van der Waals surface area contributed by atoms with Crippen LogP contribution in [0.25, 0.3) is 0 Å². The molecule has 1 amide bonds. The smallest absolute Gasteiger partial charge is 0.269 e. The molecule has 2 N–H and O–H groups in total. The highest BCUT2D eigenvalue weighted by Crippen LogP contribution is 2.25. The highest BCUT2D eigenvalue weighted by Gasteiger charge is 2.14. The average molecular weight is 270 g/mol. The van der Waals surface area contributed by atoms with E-state index in [0.717, 1.165) is 24.9 Å². The molecule has 20 heavy (non-hydrogen) atoms. The number of nitrogens with zero attached hydrogens (tertiary/aromatic N) is 2. The van der Waals surface area contributed by atoms with Gasteiger partial charge in [0.2, 0.25) is 0 Å². The summed E-state index contributed by atoms with van der Waals surface area (Å²) >= 11 is 0. The van der Waals surface area contributed by atoms with E-state index < -0.39 is 0 Å². The second-order valence-electron chi connectivity index (χ2n) is 5.05. The number of carbonyl (C=O) groups excluding carboxylic acids is 1. The van der Waals surface area contributed by atoms with Crippen molar-refractivity contribution in [3.8, 4) is 0 Å². The summed E-state index contributed by atoms with van der Waals surface area (Å²) in [4.78, 5) is 16.0. The molecular weight excluding hydrogens is 252 g/mol. The van der Waals surface area contributed by atoms with E-state index >= 15 is 0 Å². The van der Waals surface area contributed by atoms with Gasteiger partial charge in [0.25, 0.3) is 5.91 Å². The molecule has 1 aromatic heterocycles. The molecule has 1 aliphatic heterocycles. The van der Waals surface area contributed by atoms with Crippen molar-refractivity contribution in [2.24, 2.45) is 7.05 Å². The van der Waals surface area contributed by atoms with Crippen LogP contribution in [0.2, 0.25) is 0 Å². The molecule has 2 heterocycles. The fourth-order valence-corrected chi connectivity index (χ4v) is 2.57. The maximum Gasteiger partial charge on any atom is 0.269 e. The number of rotatable bonds is 3. The number of hydrogen-bond donors (Lipinski definition) is 2. The first-order valence-corrected chi connectivity index (χ1v) is 6.85. The van der Waals surface area contributed by atoms with Crippen molar-refractivity contribution in [3.05, 3.63) is 47.5 Å². The third kappa shape index (κ3) is 2.39. The van der Waals surface area contributed by atoms with E-state index in [0.29, 0.717) is 12.2 Å². The summed E-state index contributed by atoms with van der Waals surface area (Å²) in [5, 5.41) is 6.38. The Morgan fingerprint density at radius 2 is 2.40 bits per heavy atom. The van der Waals surface area contributed by atoms with Crippen LogP contribution in [0.15, 0.2) is 30.7 Å². The number of fused-ring (bicyclic) bond motifs is 1. The standard InChI is InChI=1S/C15H18N4O/c1-19-10-16-9-13(19)15(20)18-8-12-5-2-4-11-6-3-7-17-14(11)12/h2,4-5,9-10,17H,3,6-8H2,1H3,(H,18,20). The van der Waals surface area contributed by atoms with Crippen LogP contribution in [0.5, 0.6) is 0 Å². The normalized spacial score (nSPS) is 13.4. The van der Waals surface area contributed by atoms with Crippen molar-refractivity contribution in [2.75, 3.05) is 11.9 Å². The third-order valence-electron chi connectivity index (χ3n) is 3.65. The summed E-state index contributed by atoms with van der Waals surface area (Å²) in [5.74, 6) is -0.0987. The number of amides is 1. The molecule has 1 aliphatic rings. The van der Waals surface area contributed by atoms with Gasteiger partial charge in [-0.25, -0.2) is 4.98 Å². The van der Waals surface area contributed by atoms with Gasteiger partial charge in [-0.15, -0.1) is 0 Å². The molecule has 0 aliphatic carbocycles. The Bertz CT molecular complexity index is 633. The van der Waals surface area contributed by atoms with Crippen LogP contribution in [0.3, 0.4) is 0 Å². The van der Waals surface area contributed by atoms with E-state index in [9.17, 15) is 4.79 Å². The number of para-hydroxylation sites is 1. The molecule has 0 radical (unpaired) electrons. The quantitative estimate of drug-likeness (QED) is 0.892. The fraction of sp³-hybridized carbons (Fsp3) is 0.333. The van der Waals surface area contributed by atoms with Gasteiger partial charge >= 0.3 is 0 Å². The van der Waals surface area contributed by atoms with E-state index in [-0.39, 0.29) is 5.91 Å². The van der Waals surface area contributed by atoms with E-state index in [1.54, 1.807) is 17.1 Å². The van der Waals surface area contributed by atoms with Crippen molar-refractivity contribution < 1.29 is 4.79 Å². The lowest BCUT2D eigenvalue weighted by Crippen LogP contribution is -2.26. The molecule has 0 fully saturated rings. The number of aryl methyl sites for hydroxylation is 2. The van der Waals surface area contributed by atoms with Crippen LogP contribution in [-0.4, -0.2) is 22.0 Å². The highest BCUT2D eigenvalue weighted by atomic mass is 16.1. The monoisotopic (exact) mass is 270 g/mol. The Labute approximate surface area is 118 Å². The number of nitrogens with one attached hydrogen (secondary N) is 2. The van der Waals surface area contributed by atoms with Gasteiger partial charge in [0.15, 0.2) is 0 Å². The molecule has 0 saturated carbocycles. The van der Waals surface area contributed by atoms with Crippen LogP contribution >= 0.6 is 0 Å². The molecule has 5 nitrogen and oxygen atoms in total. The second-order valence-corrected chi connectivity index (χ2v) is 5.05. The first-order valence-electron chi connectivity index (χ1n) is 6.85. The number of aromatic nitrogens is 2. The van der Waals surface area contributed by atoms with Crippen molar-refractivity contribution in [2.45, 2.75) is 19.4 Å². The average Bonchev–Trinajstić information content (AvgIpc) is 2.91. The summed E-state index contributed by atoms with van der Waals surface area (Å²) in [6.07, 6.45) is 5.47. The minimum absolute atomic E-state index is 0.0987. The molecule has 0 atom stereocenters. The number of imidazole rings is 1. The Hall–Kier alpha value is -2.30. The minimum Gasteiger partial charge on any atom is -0.385 e. The minimum atomic E-state index is -0.0987. The summed E-state index contributed by atoms with van der Waals surface area (Å²) in [6.45, 7) is 1.53. The highest BCUT2D eigenvalue weighted by molar-refractivity contribution is 5.92. The topological polar surface area (TPSA) is 59.0 Å². The number of anilines is 1. The first-order chi connectivity index (χ1) is 9.75. The summed E-state index contributed by atoms with van der Waals surface area (Å²) in [5.41, 5.74) is 4.23. The molecule has 3 rings (SSSR count). The van der Waals surface area contributed by atoms with Gasteiger partial charge in [-0.2, -0.15) is 0 Å². The lowest BCUT2D eigenvalue weighted by molar-refractivity contribution is 0.0943. The van der Waals surface area contributed by atoms with Crippen LogP contribution in [0.4, 0.5) is 5.69 Å². The lowest BCUT2D eigenvalue weighted by atomic mass is 9.99. The van der Waals surface area contributed by atoms with Gasteiger partial charge in [-0.3, -0.25) is 4.79 Å². The SMILES string of the molecule is Cn1cncc1C(=O)NCc1cccc2c1NCCC2. The van der Waals surface area contributed by atoms with Crippen molar-refractivity contribution in [1.29, 1.82) is 0 Å². The maximum absolute atomic E-state index is 12.1. The molecule has 1 aromatic carbocycles. The molecule has 0 saturated heterocycles. The Balaban J connectivity index is 1.73. The number of hydrogen-bond acceptors (Lipinski definition) is 3. The van der Waals surface area contributed by atoms with Crippen LogP contribution in [-0.2, 0) is 20.0 Å². The summed E-state index contributed by atoms with van der Waals surface area (Å²) < 4.78 is 1.72. The van der Waals surface area contributed by atoms with E-state index in [4.69, 9.17) is 0 Å². The van der Waals surface area contributed by atoms with E-state index in [1.165, 1.54) is 11.3 Å². The maximum atomic E-state index is 12.1. The molecule has 5 heteroatoms. The Morgan fingerprint density at radius 1 is 1.50 bits per heavy atom. The number of benzene rings is 1. The van der Waals surface area contributed by atoms with Gasteiger partial charge < -0.3 is 15.2 Å². The molecule has 2 aromatic rings. The molecule has 0 bridgehead atoms. The predicted molar refractivity (Wildman–Crippen MR) is 77.6 cm³/mol. The largest absolute Gasteiger partial charge is 0.385 e. The third-order valence-corrected chi connectivity index (χ3v) is 3.65. The molecule has 0 spiro atoms. The van der Waals surface area contributed by atoms with Gasteiger partial charge in [-0.1, -0.05) is 18.2 Å². The zero-order valence-electron chi connectivity index (χ0n) is 11.5. The van der Waals surface area contributed by atoms with Gasteiger partial charge in [0.1, 0.15) is 5.69 Å². The van der Waals surface area contributed by atoms with E-state index in [1.807, 2.05) is 7.05 Å². The molecule has 0 unspecified atom stereocenters. The first kappa shape index (κ1) is 12.7. The predicted octanol–water partition coefficient (Wildman–Crippen LogP) is 1.71. The summed E-state index contributed by atoms with van der Waals surface area (Å²) in [6, 6.07) is 6.26. The molecule has 104 valence electrons. The Morgan fingerprint density at radius 3 is 3.20 bits per heavy atom. The van der Waals surface area contributed by atoms with Gasteiger partial charge in [0.05, 0.1) is 12.5 Å². The number of carbonyl (C=O) groups is 1. The van der Waals surface area contributed by atoms with Gasteiger partial charge in [0, 0.05) is 25.8 Å². The van der Waals surface area contributed by atoms with Gasteiger partial charge in [-0.05, 0) is 24.0 Å². The summed E-state index contributed by atoms with van der Waals surface area (Å²) in [7, 11) is 1.81. The van der Waals surface area contributed by atoms with Crippen molar-refractivity contribution in [1.82, 2.24) is 14.9 Å². The Kier molecular flexibility index (Phi) is 3.41. The van der Waals surface area contributed by atoms with Crippen LogP contribution < -0.4 is 10.6 Å². The van der Waals surface area contributed by atoms with Crippen LogP contribution in [0, 0.1) is 0 Å². The lowest BCUT2D eigenvalue weighted by Gasteiger charge is -2.21. The zero-order chi connectivity index (χ0) is 13.9. The zero-order valence-corrected chi connectivity index (χ0v) is 11.5. The van der Waals surface area contributed by atoms with Crippen molar-refractivity contribution >= 4 is 11.6 Å². The second kappa shape index (κ2) is 5.36. The van der Waals surface area contributed by atoms with Crippen molar-refractivity contribution in [3.63, 3.8) is 0 Å². The van der Waals surface area contributed by atoms with Crippen LogP contribution in [0.1, 0.15) is 28.0 Å².